The van der Waals surface area contributed by atoms with Crippen LogP contribution in [0.5, 0.6) is 5.75 Å². The van der Waals surface area contributed by atoms with Crippen LogP contribution in [0.1, 0.15) is 55.7 Å². The molecule has 2 amide bonds. The van der Waals surface area contributed by atoms with E-state index in [1.807, 2.05) is 86.6 Å². The maximum Gasteiger partial charge on any atom is 0.264 e. The number of hydrogen-bond acceptors (Lipinski definition) is 5. The topological polar surface area (TPSA) is 96.0 Å². The molecule has 1 unspecified atom stereocenters. The van der Waals surface area contributed by atoms with Gasteiger partial charge in [-0.25, -0.2) is 8.42 Å². The lowest BCUT2D eigenvalue weighted by Gasteiger charge is -2.35. The molecule has 0 spiro atoms. The molecule has 1 atom stereocenters. The van der Waals surface area contributed by atoms with Gasteiger partial charge in [-0.15, -0.1) is 0 Å². The summed E-state index contributed by atoms with van der Waals surface area (Å²) >= 11 is 0. The second-order valence-corrected chi connectivity index (χ2v) is 14.2. The summed E-state index contributed by atoms with van der Waals surface area (Å²) in [5.74, 6) is -0.156. The fourth-order valence-corrected chi connectivity index (χ4v) is 7.53. The van der Waals surface area contributed by atoms with Gasteiger partial charge in [0.1, 0.15) is 18.3 Å². The largest absolute Gasteiger partial charge is 0.494 e. The van der Waals surface area contributed by atoms with E-state index in [0.29, 0.717) is 18.0 Å². The van der Waals surface area contributed by atoms with Crippen LogP contribution in [0.4, 0.5) is 5.69 Å². The average Bonchev–Trinajstić information content (AvgIpc) is 3.11. The molecule has 0 bridgehead atoms. The van der Waals surface area contributed by atoms with Gasteiger partial charge in [0.15, 0.2) is 0 Å². The minimum Gasteiger partial charge on any atom is -0.494 e. The Labute approximate surface area is 284 Å². The molecular weight excluding hydrogens is 623 g/mol. The van der Waals surface area contributed by atoms with Crippen molar-refractivity contribution in [3.8, 4) is 5.75 Å². The Morgan fingerprint density at radius 3 is 2.02 bits per heavy atom. The van der Waals surface area contributed by atoms with E-state index in [9.17, 15) is 18.0 Å². The van der Waals surface area contributed by atoms with Crippen LogP contribution >= 0.6 is 0 Å². The Balaban J connectivity index is 1.54. The molecule has 48 heavy (non-hydrogen) atoms. The van der Waals surface area contributed by atoms with E-state index in [4.69, 9.17) is 4.74 Å². The van der Waals surface area contributed by atoms with Gasteiger partial charge in [-0.05, 0) is 74.2 Å². The first-order valence-corrected chi connectivity index (χ1v) is 18.2. The van der Waals surface area contributed by atoms with Crippen LogP contribution in [0.15, 0.2) is 114 Å². The zero-order valence-corrected chi connectivity index (χ0v) is 28.6. The number of ether oxygens (including phenoxy) is 1. The van der Waals surface area contributed by atoms with Crippen molar-refractivity contribution in [1.29, 1.82) is 0 Å². The molecule has 0 radical (unpaired) electrons. The number of amides is 2. The van der Waals surface area contributed by atoms with Gasteiger partial charge in [0.25, 0.3) is 10.0 Å². The fraction of sp³-hybridized carbons (Fsp3) is 0.333. The standard InChI is InChI=1S/C39H45N3O5S/c1-3-47-35-23-25-36(26-24-35)48(45,46)42(34-21-19-30(2)20-22-34)29-38(43)41(28-32-15-9-5-10-16-32)37(27-31-13-7-4-8-14-31)39(44)40-33-17-11-6-12-18-33/h4-5,7-10,13-16,19-26,33,37H,3,6,11-12,17-18,27-29H2,1-2H3,(H,40,44). The van der Waals surface area contributed by atoms with Crippen molar-refractivity contribution >= 4 is 27.5 Å². The number of nitrogens with zero attached hydrogens (tertiary/aromatic N) is 2. The van der Waals surface area contributed by atoms with Gasteiger partial charge in [0, 0.05) is 19.0 Å². The predicted octanol–water partition coefficient (Wildman–Crippen LogP) is 6.68. The van der Waals surface area contributed by atoms with Crippen LogP contribution < -0.4 is 14.4 Å². The Kier molecular flexibility index (Phi) is 11.9. The molecule has 1 aliphatic carbocycles. The molecule has 5 rings (SSSR count). The van der Waals surface area contributed by atoms with E-state index in [2.05, 4.69) is 5.32 Å². The maximum absolute atomic E-state index is 14.7. The lowest BCUT2D eigenvalue weighted by atomic mass is 9.94. The van der Waals surface area contributed by atoms with Crippen molar-refractivity contribution in [1.82, 2.24) is 10.2 Å². The normalized spacial score (nSPS) is 14.1. The van der Waals surface area contributed by atoms with Gasteiger partial charge in [-0.2, -0.15) is 0 Å². The summed E-state index contributed by atoms with van der Waals surface area (Å²) in [5, 5.41) is 3.25. The van der Waals surface area contributed by atoms with E-state index in [1.54, 1.807) is 29.2 Å². The number of carbonyl (C=O) groups is 2. The molecule has 9 heteroatoms. The van der Waals surface area contributed by atoms with Crippen LogP contribution in [0.25, 0.3) is 0 Å². The second kappa shape index (κ2) is 16.5. The van der Waals surface area contributed by atoms with Gasteiger partial charge < -0.3 is 15.0 Å². The van der Waals surface area contributed by atoms with Gasteiger partial charge in [-0.1, -0.05) is 97.6 Å². The monoisotopic (exact) mass is 667 g/mol. The highest BCUT2D eigenvalue weighted by atomic mass is 32.2. The van der Waals surface area contributed by atoms with Crippen molar-refractivity contribution in [3.05, 3.63) is 126 Å². The molecule has 1 saturated carbocycles. The first kappa shape index (κ1) is 34.7. The maximum atomic E-state index is 14.7. The van der Waals surface area contributed by atoms with Crippen LogP contribution in [0, 0.1) is 6.92 Å². The number of benzene rings is 4. The molecule has 4 aromatic carbocycles. The van der Waals surface area contributed by atoms with Crippen LogP contribution in [-0.4, -0.2) is 50.4 Å². The van der Waals surface area contributed by atoms with Crippen molar-refractivity contribution in [2.45, 2.75) is 75.9 Å². The van der Waals surface area contributed by atoms with Gasteiger partial charge in [0.05, 0.1) is 17.2 Å². The van der Waals surface area contributed by atoms with Crippen molar-refractivity contribution in [2.75, 3.05) is 17.5 Å². The quantitative estimate of drug-likeness (QED) is 0.162. The highest BCUT2D eigenvalue weighted by Crippen LogP contribution is 2.27. The van der Waals surface area contributed by atoms with E-state index in [-0.39, 0.29) is 29.8 Å². The Bertz CT molecular complexity index is 1720. The number of rotatable bonds is 14. The molecule has 8 nitrogen and oxygen atoms in total. The van der Waals surface area contributed by atoms with Gasteiger partial charge in [0.2, 0.25) is 11.8 Å². The lowest BCUT2D eigenvalue weighted by molar-refractivity contribution is -0.140. The number of sulfonamides is 1. The lowest BCUT2D eigenvalue weighted by Crippen LogP contribution is -2.55. The Hall–Kier alpha value is -4.63. The van der Waals surface area contributed by atoms with Crippen molar-refractivity contribution < 1.29 is 22.7 Å². The molecule has 1 N–H and O–H groups in total. The number of nitrogens with one attached hydrogen (secondary N) is 1. The molecule has 0 heterocycles. The van der Waals surface area contributed by atoms with Crippen LogP contribution in [0.3, 0.4) is 0 Å². The van der Waals surface area contributed by atoms with Gasteiger partial charge in [-0.3, -0.25) is 13.9 Å². The molecule has 1 aliphatic rings. The summed E-state index contributed by atoms with van der Waals surface area (Å²) in [6.07, 6.45) is 5.34. The summed E-state index contributed by atoms with van der Waals surface area (Å²) < 4.78 is 35.3. The summed E-state index contributed by atoms with van der Waals surface area (Å²) in [4.78, 5) is 30.4. The highest BCUT2D eigenvalue weighted by molar-refractivity contribution is 7.92. The smallest absolute Gasteiger partial charge is 0.264 e. The van der Waals surface area contributed by atoms with E-state index >= 15 is 0 Å². The average molecular weight is 668 g/mol. The van der Waals surface area contributed by atoms with Crippen molar-refractivity contribution in [2.24, 2.45) is 0 Å². The van der Waals surface area contributed by atoms with Crippen LogP contribution in [0.2, 0.25) is 0 Å². The number of carbonyl (C=O) groups excluding carboxylic acids is 2. The van der Waals surface area contributed by atoms with Crippen molar-refractivity contribution in [3.63, 3.8) is 0 Å². The molecule has 1 fully saturated rings. The molecule has 4 aromatic rings. The molecule has 0 aromatic heterocycles. The number of hydrogen-bond donors (Lipinski definition) is 1. The first-order valence-electron chi connectivity index (χ1n) is 16.7. The van der Waals surface area contributed by atoms with Crippen LogP contribution in [-0.2, 0) is 32.6 Å². The summed E-state index contributed by atoms with van der Waals surface area (Å²) in [5.41, 5.74) is 3.06. The fourth-order valence-electron chi connectivity index (χ4n) is 6.12. The third-order valence-electron chi connectivity index (χ3n) is 8.74. The minimum atomic E-state index is -4.20. The third-order valence-corrected chi connectivity index (χ3v) is 10.5. The zero-order valence-electron chi connectivity index (χ0n) is 27.8. The Morgan fingerprint density at radius 1 is 0.812 bits per heavy atom. The molecule has 252 valence electrons. The number of aryl methyl sites for hydroxylation is 1. The summed E-state index contributed by atoms with van der Waals surface area (Å²) in [6.45, 7) is 3.87. The first-order chi connectivity index (χ1) is 23.2. The zero-order chi connectivity index (χ0) is 33.9. The minimum absolute atomic E-state index is 0.0322. The summed E-state index contributed by atoms with van der Waals surface area (Å²) in [7, 11) is -4.20. The molecule has 0 aliphatic heterocycles. The van der Waals surface area contributed by atoms with E-state index < -0.39 is 28.5 Å². The number of anilines is 1. The molecular formula is C39H45N3O5S. The van der Waals surface area contributed by atoms with E-state index in [1.165, 1.54) is 12.1 Å². The van der Waals surface area contributed by atoms with Gasteiger partial charge >= 0.3 is 0 Å². The Morgan fingerprint density at radius 2 is 1.42 bits per heavy atom. The predicted molar refractivity (Wildman–Crippen MR) is 189 cm³/mol. The second-order valence-electron chi connectivity index (χ2n) is 12.3. The SMILES string of the molecule is CCOc1ccc(S(=O)(=O)N(CC(=O)N(Cc2ccccc2)C(Cc2ccccc2)C(=O)NC2CCCCC2)c2ccc(C)cc2)cc1. The third kappa shape index (κ3) is 9.04. The van der Waals surface area contributed by atoms with E-state index in [0.717, 1.165) is 53.1 Å². The molecule has 0 saturated heterocycles. The summed E-state index contributed by atoms with van der Waals surface area (Å²) in [6, 6.07) is 31.5. The highest BCUT2D eigenvalue weighted by Gasteiger charge is 2.35.